The zero-order chi connectivity index (χ0) is 9.15. The summed E-state index contributed by atoms with van der Waals surface area (Å²) in [6.45, 7) is 2.14. The van der Waals surface area contributed by atoms with E-state index in [0.717, 1.165) is 25.9 Å². The maximum absolute atomic E-state index is 9.44. The van der Waals surface area contributed by atoms with Crippen LogP contribution >= 0.6 is 0 Å². The van der Waals surface area contributed by atoms with Gasteiger partial charge in [-0.3, -0.25) is 0 Å². The van der Waals surface area contributed by atoms with E-state index >= 15 is 0 Å². The van der Waals surface area contributed by atoms with Gasteiger partial charge >= 0.3 is 0 Å². The van der Waals surface area contributed by atoms with Crippen LogP contribution in [0.3, 0.4) is 0 Å². The van der Waals surface area contributed by atoms with Crippen LogP contribution in [0.15, 0.2) is 18.7 Å². The number of imidazole rings is 1. The Hall–Kier alpha value is -0.870. The minimum absolute atomic E-state index is 0.109. The molecule has 2 N–H and O–H groups in total. The monoisotopic (exact) mass is 181 g/mol. The summed E-state index contributed by atoms with van der Waals surface area (Å²) in [6, 6.07) is 0. The molecular weight excluding hydrogens is 166 g/mol. The van der Waals surface area contributed by atoms with Crippen molar-refractivity contribution >= 4 is 0 Å². The summed E-state index contributed by atoms with van der Waals surface area (Å²) in [5.74, 6) is 0. The molecule has 72 valence electrons. The molecule has 1 aliphatic heterocycles. The van der Waals surface area contributed by atoms with Gasteiger partial charge in [-0.25, -0.2) is 4.98 Å². The molecule has 1 fully saturated rings. The number of nitrogens with zero attached hydrogens (tertiary/aromatic N) is 2. The van der Waals surface area contributed by atoms with Gasteiger partial charge in [0, 0.05) is 12.4 Å². The molecule has 0 bridgehead atoms. The van der Waals surface area contributed by atoms with Crippen molar-refractivity contribution in [2.75, 3.05) is 19.7 Å². The van der Waals surface area contributed by atoms with Crippen molar-refractivity contribution in [2.24, 2.45) is 0 Å². The second-order valence-electron chi connectivity index (χ2n) is 3.60. The van der Waals surface area contributed by atoms with Gasteiger partial charge in [0.15, 0.2) is 0 Å². The molecule has 0 amide bonds. The van der Waals surface area contributed by atoms with E-state index in [9.17, 15) is 5.11 Å². The highest BCUT2D eigenvalue weighted by Gasteiger charge is 2.32. The van der Waals surface area contributed by atoms with E-state index in [-0.39, 0.29) is 12.1 Å². The Kier molecular flexibility index (Phi) is 2.33. The third-order valence-electron chi connectivity index (χ3n) is 2.88. The number of piperidine rings is 1. The van der Waals surface area contributed by atoms with Crippen LogP contribution in [0.5, 0.6) is 0 Å². The Morgan fingerprint density at radius 1 is 1.46 bits per heavy atom. The van der Waals surface area contributed by atoms with Gasteiger partial charge in [0.05, 0.1) is 18.5 Å². The van der Waals surface area contributed by atoms with Crippen molar-refractivity contribution < 1.29 is 5.11 Å². The Labute approximate surface area is 77.6 Å². The lowest BCUT2D eigenvalue weighted by atomic mass is 9.89. The highest BCUT2D eigenvalue weighted by atomic mass is 16.3. The van der Waals surface area contributed by atoms with Crippen LogP contribution in [0.25, 0.3) is 0 Å². The lowest BCUT2D eigenvalue weighted by molar-refractivity contribution is 0.0971. The van der Waals surface area contributed by atoms with E-state index in [1.165, 1.54) is 0 Å². The van der Waals surface area contributed by atoms with Gasteiger partial charge in [-0.05, 0) is 25.9 Å². The predicted octanol–water partition coefficient (Wildman–Crippen LogP) is -0.0459. The molecule has 0 spiro atoms. The van der Waals surface area contributed by atoms with Crippen LogP contribution < -0.4 is 5.32 Å². The van der Waals surface area contributed by atoms with Crippen molar-refractivity contribution in [3.8, 4) is 0 Å². The molecule has 1 aliphatic rings. The van der Waals surface area contributed by atoms with Gasteiger partial charge in [-0.1, -0.05) is 0 Å². The zero-order valence-corrected chi connectivity index (χ0v) is 7.61. The molecule has 2 heterocycles. The minimum Gasteiger partial charge on any atom is -0.394 e. The Bertz CT molecular complexity index is 252. The van der Waals surface area contributed by atoms with E-state index in [1.54, 1.807) is 12.5 Å². The summed E-state index contributed by atoms with van der Waals surface area (Å²) in [6.07, 6.45) is 7.43. The third-order valence-corrected chi connectivity index (χ3v) is 2.88. The van der Waals surface area contributed by atoms with Crippen molar-refractivity contribution in [1.29, 1.82) is 0 Å². The SMILES string of the molecule is OCC1(n2ccnc2)CCNCC1. The van der Waals surface area contributed by atoms with Crippen molar-refractivity contribution in [3.63, 3.8) is 0 Å². The highest BCUT2D eigenvalue weighted by Crippen LogP contribution is 2.26. The number of nitrogens with one attached hydrogen (secondary N) is 1. The summed E-state index contributed by atoms with van der Waals surface area (Å²) in [5, 5.41) is 12.7. The number of aliphatic hydroxyl groups is 1. The Morgan fingerprint density at radius 3 is 2.77 bits per heavy atom. The average Bonchev–Trinajstić information content (AvgIpc) is 2.72. The zero-order valence-electron chi connectivity index (χ0n) is 7.61. The third kappa shape index (κ3) is 1.47. The normalized spacial score (nSPS) is 21.6. The number of hydrogen-bond donors (Lipinski definition) is 2. The van der Waals surface area contributed by atoms with Crippen LogP contribution in [-0.4, -0.2) is 34.4 Å². The molecule has 4 heteroatoms. The predicted molar refractivity (Wildman–Crippen MR) is 49.4 cm³/mol. The molecule has 0 unspecified atom stereocenters. The second-order valence-corrected chi connectivity index (χ2v) is 3.60. The van der Waals surface area contributed by atoms with E-state index in [1.807, 2.05) is 10.8 Å². The number of aliphatic hydroxyl groups excluding tert-OH is 1. The van der Waals surface area contributed by atoms with Crippen LogP contribution in [0.4, 0.5) is 0 Å². The summed E-state index contributed by atoms with van der Waals surface area (Å²) < 4.78 is 2.04. The quantitative estimate of drug-likeness (QED) is 0.673. The van der Waals surface area contributed by atoms with Gasteiger partial charge in [0.25, 0.3) is 0 Å². The minimum atomic E-state index is -0.109. The molecule has 2 rings (SSSR count). The van der Waals surface area contributed by atoms with Crippen molar-refractivity contribution in [2.45, 2.75) is 18.4 Å². The van der Waals surface area contributed by atoms with Gasteiger partial charge in [-0.2, -0.15) is 0 Å². The lowest BCUT2D eigenvalue weighted by Crippen LogP contribution is -2.46. The first-order valence-corrected chi connectivity index (χ1v) is 4.67. The van der Waals surface area contributed by atoms with Gasteiger partial charge in [-0.15, -0.1) is 0 Å². The topological polar surface area (TPSA) is 50.1 Å². The standard InChI is InChI=1S/C9H15N3O/c13-7-9(1-3-10-4-2-9)12-6-5-11-8-12/h5-6,8,10,13H,1-4,7H2. The summed E-state index contributed by atoms with van der Waals surface area (Å²) >= 11 is 0. The maximum atomic E-state index is 9.44. The molecule has 0 atom stereocenters. The molecule has 1 aromatic rings. The molecule has 1 saturated heterocycles. The van der Waals surface area contributed by atoms with Crippen LogP contribution in [0.1, 0.15) is 12.8 Å². The first-order chi connectivity index (χ1) is 6.37. The fourth-order valence-electron chi connectivity index (χ4n) is 1.93. The van der Waals surface area contributed by atoms with E-state index in [4.69, 9.17) is 0 Å². The maximum Gasteiger partial charge on any atom is 0.0951 e. The fourth-order valence-corrected chi connectivity index (χ4v) is 1.93. The summed E-state index contributed by atoms with van der Waals surface area (Å²) in [4.78, 5) is 4.02. The fraction of sp³-hybridized carbons (Fsp3) is 0.667. The Morgan fingerprint density at radius 2 is 2.23 bits per heavy atom. The largest absolute Gasteiger partial charge is 0.394 e. The molecule has 0 aromatic carbocycles. The molecule has 4 nitrogen and oxygen atoms in total. The van der Waals surface area contributed by atoms with Crippen molar-refractivity contribution in [3.05, 3.63) is 18.7 Å². The molecule has 1 aromatic heterocycles. The van der Waals surface area contributed by atoms with E-state index in [0.29, 0.717) is 0 Å². The van der Waals surface area contributed by atoms with Gasteiger partial charge in [0.1, 0.15) is 0 Å². The first-order valence-electron chi connectivity index (χ1n) is 4.67. The number of rotatable bonds is 2. The second kappa shape index (κ2) is 3.47. The summed E-state index contributed by atoms with van der Waals surface area (Å²) in [7, 11) is 0. The molecular formula is C9H15N3O. The first kappa shape index (κ1) is 8.72. The molecule has 13 heavy (non-hydrogen) atoms. The van der Waals surface area contributed by atoms with Crippen LogP contribution in [-0.2, 0) is 5.54 Å². The summed E-state index contributed by atoms with van der Waals surface area (Å²) in [5.41, 5.74) is -0.109. The number of aromatic nitrogens is 2. The molecule has 0 aliphatic carbocycles. The smallest absolute Gasteiger partial charge is 0.0951 e. The highest BCUT2D eigenvalue weighted by molar-refractivity contribution is 4.94. The van der Waals surface area contributed by atoms with E-state index < -0.39 is 0 Å². The van der Waals surface area contributed by atoms with Crippen LogP contribution in [0, 0.1) is 0 Å². The average molecular weight is 181 g/mol. The van der Waals surface area contributed by atoms with Crippen LogP contribution in [0.2, 0.25) is 0 Å². The van der Waals surface area contributed by atoms with Crippen molar-refractivity contribution in [1.82, 2.24) is 14.9 Å². The van der Waals surface area contributed by atoms with E-state index in [2.05, 4.69) is 10.3 Å². The molecule has 0 radical (unpaired) electrons. The molecule has 0 saturated carbocycles. The van der Waals surface area contributed by atoms with Gasteiger partial charge < -0.3 is 15.0 Å². The number of hydrogen-bond acceptors (Lipinski definition) is 3. The lowest BCUT2D eigenvalue weighted by Gasteiger charge is -2.37. The van der Waals surface area contributed by atoms with Gasteiger partial charge in [0.2, 0.25) is 0 Å². The Balaban J connectivity index is 2.23.